The van der Waals surface area contributed by atoms with Gasteiger partial charge in [-0.3, -0.25) is 0 Å². The van der Waals surface area contributed by atoms with E-state index in [0.717, 1.165) is 10.4 Å². The van der Waals surface area contributed by atoms with Crippen LogP contribution in [-0.2, 0) is 0 Å². The molecule has 2 N–H and O–H groups in total. The third-order valence-electron chi connectivity index (χ3n) is 1.49. The van der Waals surface area contributed by atoms with Gasteiger partial charge in [0.05, 0.1) is 0 Å². The Hall–Kier alpha value is -0.740. The van der Waals surface area contributed by atoms with Crippen LogP contribution >= 0.6 is 27.3 Å². The first-order valence-electron chi connectivity index (χ1n) is 3.36. The lowest BCUT2D eigenvalue weighted by molar-refractivity contribution is 0.562. The lowest BCUT2D eigenvalue weighted by Crippen LogP contribution is -1.75. The molecule has 12 heavy (non-hydrogen) atoms. The molecule has 0 aliphatic rings. The van der Waals surface area contributed by atoms with Crippen molar-refractivity contribution in [3.63, 3.8) is 0 Å². The second-order valence-electron chi connectivity index (χ2n) is 2.31. The predicted octanol–water partition coefficient (Wildman–Crippen LogP) is 3.35. The Morgan fingerprint density at radius 2 is 2.33 bits per heavy atom. The van der Waals surface area contributed by atoms with E-state index in [9.17, 15) is 0 Å². The summed E-state index contributed by atoms with van der Waals surface area (Å²) in [6.45, 7) is 0. The summed E-state index contributed by atoms with van der Waals surface area (Å²) in [5.74, 6) is 0.435. The fraction of sp³-hybridized carbons (Fsp3) is 0. The van der Waals surface area contributed by atoms with E-state index in [0.29, 0.717) is 10.6 Å². The van der Waals surface area contributed by atoms with Gasteiger partial charge in [0, 0.05) is 16.5 Å². The van der Waals surface area contributed by atoms with Crippen molar-refractivity contribution in [3.8, 4) is 10.4 Å². The molecule has 0 aliphatic heterocycles. The van der Waals surface area contributed by atoms with E-state index in [1.54, 1.807) is 11.3 Å². The van der Waals surface area contributed by atoms with E-state index in [-0.39, 0.29) is 0 Å². The molecule has 0 saturated carbocycles. The topological polar surface area (TPSA) is 39.2 Å². The van der Waals surface area contributed by atoms with E-state index < -0.39 is 0 Å². The van der Waals surface area contributed by atoms with Gasteiger partial charge in [0.25, 0.3) is 0 Å². The first kappa shape index (κ1) is 7.89. The first-order chi connectivity index (χ1) is 5.77. The highest BCUT2D eigenvalue weighted by molar-refractivity contribution is 9.10. The molecule has 2 aromatic heterocycles. The average molecular weight is 244 g/mol. The lowest BCUT2D eigenvalue weighted by Gasteiger charge is -1.88. The molecule has 2 rings (SSSR count). The minimum absolute atomic E-state index is 0.435. The van der Waals surface area contributed by atoms with Crippen LogP contribution in [0.3, 0.4) is 0 Å². The van der Waals surface area contributed by atoms with Crippen LogP contribution in [-0.4, -0.2) is 0 Å². The summed E-state index contributed by atoms with van der Waals surface area (Å²) in [7, 11) is 0. The van der Waals surface area contributed by atoms with Gasteiger partial charge in [-0.25, -0.2) is 0 Å². The molecule has 0 saturated heterocycles. The predicted molar refractivity (Wildman–Crippen MR) is 54.1 cm³/mol. The molecule has 0 atom stereocenters. The van der Waals surface area contributed by atoms with Gasteiger partial charge < -0.3 is 10.2 Å². The Kier molecular flexibility index (Phi) is 1.94. The standard InChI is InChI=1S/C8H6BrNOS/c9-8-5(4-7(10)11-8)6-2-1-3-12-6/h1-4H,10H2. The van der Waals surface area contributed by atoms with Crippen LogP contribution in [0.4, 0.5) is 5.88 Å². The lowest BCUT2D eigenvalue weighted by atomic mass is 10.3. The molecule has 2 aromatic rings. The second-order valence-corrected chi connectivity index (χ2v) is 3.98. The zero-order chi connectivity index (χ0) is 8.55. The SMILES string of the molecule is Nc1cc(-c2cccs2)c(Br)o1. The molecule has 62 valence electrons. The molecule has 0 unspecified atom stereocenters. The van der Waals surface area contributed by atoms with E-state index in [1.165, 1.54) is 0 Å². The van der Waals surface area contributed by atoms with Gasteiger partial charge in [-0.2, -0.15) is 0 Å². The Labute approximate surface area is 82.1 Å². The highest BCUT2D eigenvalue weighted by atomic mass is 79.9. The van der Waals surface area contributed by atoms with Crippen LogP contribution < -0.4 is 5.73 Å². The summed E-state index contributed by atoms with van der Waals surface area (Å²) in [6.07, 6.45) is 0. The van der Waals surface area contributed by atoms with Crippen molar-refractivity contribution in [1.29, 1.82) is 0 Å². The van der Waals surface area contributed by atoms with E-state index in [1.807, 2.05) is 23.6 Å². The molecule has 0 amide bonds. The largest absolute Gasteiger partial charge is 0.434 e. The van der Waals surface area contributed by atoms with E-state index >= 15 is 0 Å². The van der Waals surface area contributed by atoms with Gasteiger partial charge in [-0.1, -0.05) is 6.07 Å². The molecular formula is C8H6BrNOS. The number of furan rings is 1. The molecule has 0 bridgehead atoms. The summed E-state index contributed by atoms with van der Waals surface area (Å²) < 4.78 is 5.84. The van der Waals surface area contributed by atoms with Crippen LogP contribution in [0.1, 0.15) is 0 Å². The average Bonchev–Trinajstić information content (AvgIpc) is 2.58. The molecular weight excluding hydrogens is 238 g/mol. The molecule has 0 spiro atoms. The second kappa shape index (κ2) is 2.95. The normalized spacial score (nSPS) is 10.4. The zero-order valence-corrected chi connectivity index (χ0v) is 8.48. The van der Waals surface area contributed by atoms with Crippen molar-refractivity contribution in [2.75, 3.05) is 5.73 Å². The number of thiophene rings is 1. The van der Waals surface area contributed by atoms with Crippen LogP contribution in [0, 0.1) is 0 Å². The van der Waals surface area contributed by atoms with Crippen LogP contribution in [0.5, 0.6) is 0 Å². The Balaban J connectivity index is 2.54. The van der Waals surface area contributed by atoms with Crippen molar-refractivity contribution >= 4 is 33.2 Å². The van der Waals surface area contributed by atoms with Gasteiger partial charge in [0.15, 0.2) is 10.6 Å². The van der Waals surface area contributed by atoms with Gasteiger partial charge in [-0.05, 0) is 27.4 Å². The minimum atomic E-state index is 0.435. The third-order valence-corrected chi connectivity index (χ3v) is 2.98. The smallest absolute Gasteiger partial charge is 0.192 e. The number of halogens is 1. The summed E-state index contributed by atoms with van der Waals surface area (Å²) in [5.41, 5.74) is 6.51. The highest BCUT2D eigenvalue weighted by Crippen LogP contribution is 2.34. The van der Waals surface area contributed by atoms with E-state index in [4.69, 9.17) is 10.2 Å². The third kappa shape index (κ3) is 1.28. The van der Waals surface area contributed by atoms with Gasteiger partial charge in [-0.15, -0.1) is 11.3 Å². The maximum absolute atomic E-state index is 5.49. The molecule has 0 radical (unpaired) electrons. The minimum Gasteiger partial charge on any atom is -0.434 e. The van der Waals surface area contributed by atoms with Crippen LogP contribution in [0.15, 0.2) is 32.7 Å². The molecule has 2 nitrogen and oxygen atoms in total. The monoisotopic (exact) mass is 243 g/mol. The van der Waals surface area contributed by atoms with Crippen molar-refractivity contribution in [3.05, 3.63) is 28.2 Å². The number of nitrogens with two attached hydrogens (primary N) is 1. The highest BCUT2D eigenvalue weighted by Gasteiger charge is 2.08. The van der Waals surface area contributed by atoms with Gasteiger partial charge >= 0.3 is 0 Å². The molecule has 0 aromatic carbocycles. The molecule has 0 fully saturated rings. The van der Waals surface area contributed by atoms with Crippen molar-refractivity contribution < 1.29 is 4.42 Å². The molecule has 4 heteroatoms. The van der Waals surface area contributed by atoms with E-state index in [2.05, 4.69) is 15.9 Å². The number of nitrogen functional groups attached to an aromatic ring is 1. The summed E-state index contributed by atoms with van der Waals surface area (Å²) in [4.78, 5) is 1.15. The number of rotatable bonds is 1. The van der Waals surface area contributed by atoms with Gasteiger partial charge in [0.2, 0.25) is 0 Å². The summed E-state index contributed by atoms with van der Waals surface area (Å²) >= 11 is 4.96. The maximum Gasteiger partial charge on any atom is 0.192 e. The number of hydrogen-bond donors (Lipinski definition) is 1. The van der Waals surface area contributed by atoms with Crippen molar-refractivity contribution in [2.45, 2.75) is 0 Å². The maximum atomic E-state index is 5.49. The Bertz CT molecular complexity index is 380. The van der Waals surface area contributed by atoms with Crippen molar-refractivity contribution in [1.82, 2.24) is 0 Å². The summed E-state index contributed by atoms with van der Waals surface area (Å²) in [6, 6.07) is 5.84. The van der Waals surface area contributed by atoms with Gasteiger partial charge in [0.1, 0.15) is 0 Å². The Morgan fingerprint density at radius 1 is 1.50 bits per heavy atom. The molecule has 2 heterocycles. The number of anilines is 1. The summed E-state index contributed by atoms with van der Waals surface area (Å²) in [5, 5.41) is 2.02. The van der Waals surface area contributed by atoms with Crippen LogP contribution in [0.25, 0.3) is 10.4 Å². The Morgan fingerprint density at radius 3 is 2.83 bits per heavy atom. The fourth-order valence-corrected chi connectivity index (χ4v) is 2.37. The molecule has 0 aliphatic carbocycles. The quantitative estimate of drug-likeness (QED) is 0.835. The first-order valence-corrected chi connectivity index (χ1v) is 5.03. The van der Waals surface area contributed by atoms with Crippen molar-refractivity contribution in [2.24, 2.45) is 0 Å². The number of hydrogen-bond acceptors (Lipinski definition) is 3. The zero-order valence-electron chi connectivity index (χ0n) is 6.08. The fourth-order valence-electron chi connectivity index (χ4n) is 0.987. The van der Waals surface area contributed by atoms with Crippen LogP contribution in [0.2, 0.25) is 0 Å².